The number of benzene rings is 2. The van der Waals surface area contributed by atoms with Gasteiger partial charge in [-0.05, 0) is 36.4 Å². The van der Waals surface area contributed by atoms with Crippen LogP contribution < -0.4 is 10.1 Å². The van der Waals surface area contributed by atoms with E-state index in [2.05, 4.69) is 10.3 Å². The van der Waals surface area contributed by atoms with Crippen LogP contribution in [-0.4, -0.2) is 17.5 Å². The van der Waals surface area contributed by atoms with E-state index in [9.17, 15) is 4.79 Å². The minimum Gasteiger partial charge on any atom is -0.482 e. The molecule has 1 N–H and O–H groups in total. The summed E-state index contributed by atoms with van der Waals surface area (Å²) in [5.41, 5.74) is 1.55. The molecule has 1 heterocycles. The fraction of sp³-hybridized carbons (Fsp3) is 0.0588. The molecule has 23 heavy (non-hydrogen) atoms. The number of ether oxygens (including phenoxy) is 1. The zero-order chi connectivity index (χ0) is 16.1. The summed E-state index contributed by atoms with van der Waals surface area (Å²) in [4.78, 5) is 15.8. The first-order valence-corrected chi connectivity index (χ1v) is 7.26. The van der Waals surface area contributed by atoms with Gasteiger partial charge in [-0.1, -0.05) is 23.7 Å². The fourth-order valence-corrected chi connectivity index (χ4v) is 2.17. The SMILES string of the molecule is O=C(COc1ccccc1Cl)Nc1ccc(-c2cnco2)cc1. The molecule has 0 saturated carbocycles. The first-order chi connectivity index (χ1) is 11.2. The van der Waals surface area contributed by atoms with E-state index in [4.69, 9.17) is 20.8 Å². The lowest BCUT2D eigenvalue weighted by Crippen LogP contribution is -2.20. The van der Waals surface area contributed by atoms with Crippen molar-refractivity contribution in [3.8, 4) is 17.1 Å². The number of hydrogen-bond acceptors (Lipinski definition) is 4. The molecular weight excluding hydrogens is 316 g/mol. The Bertz CT molecular complexity index is 786. The maximum absolute atomic E-state index is 11.9. The first-order valence-electron chi connectivity index (χ1n) is 6.88. The Kier molecular flexibility index (Phi) is 4.59. The van der Waals surface area contributed by atoms with Gasteiger partial charge < -0.3 is 14.5 Å². The van der Waals surface area contributed by atoms with Crippen LogP contribution >= 0.6 is 11.6 Å². The third-order valence-electron chi connectivity index (χ3n) is 3.08. The molecule has 116 valence electrons. The van der Waals surface area contributed by atoms with Crippen molar-refractivity contribution in [1.82, 2.24) is 4.98 Å². The molecule has 0 radical (unpaired) electrons. The monoisotopic (exact) mass is 328 g/mol. The number of carbonyl (C=O) groups is 1. The molecule has 5 nitrogen and oxygen atoms in total. The predicted octanol–water partition coefficient (Wildman–Crippen LogP) is 4.01. The molecule has 1 aromatic heterocycles. The zero-order valence-corrected chi connectivity index (χ0v) is 12.8. The maximum atomic E-state index is 11.9. The highest BCUT2D eigenvalue weighted by molar-refractivity contribution is 6.32. The summed E-state index contributed by atoms with van der Waals surface area (Å²) >= 11 is 5.96. The van der Waals surface area contributed by atoms with Gasteiger partial charge in [0.25, 0.3) is 5.91 Å². The van der Waals surface area contributed by atoms with Crippen LogP contribution in [-0.2, 0) is 4.79 Å². The van der Waals surface area contributed by atoms with Gasteiger partial charge in [0.2, 0.25) is 0 Å². The molecule has 0 spiro atoms. The molecule has 1 amide bonds. The van der Waals surface area contributed by atoms with Crippen molar-refractivity contribution in [2.24, 2.45) is 0 Å². The number of amides is 1. The van der Waals surface area contributed by atoms with Crippen molar-refractivity contribution >= 4 is 23.2 Å². The number of carbonyl (C=O) groups excluding carboxylic acids is 1. The Balaban J connectivity index is 1.57. The predicted molar refractivity (Wildman–Crippen MR) is 87.5 cm³/mol. The Morgan fingerprint density at radius 2 is 1.96 bits per heavy atom. The van der Waals surface area contributed by atoms with Crippen LogP contribution in [0.4, 0.5) is 5.69 Å². The van der Waals surface area contributed by atoms with Gasteiger partial charge >= 0.3 is 0 Å². The van der Waals surface area contributed by atoms with Gasteiger partial charge in [-0.3, -0.25) is 4.79 Å². The number of aromatic nitrogens is 1. The molecule has 0 bridgehead atoms. The van der Waals surface area contributed by atoms with E-state index < -0.39 is 0 Å². The van der Waals surface area contributed by atoms with Crippen LogP contribution in [0, 0.1) is 0 Å². The van der Waals surface area contributed by atoms with Crippen molar-refractivity contribution in [3.05, 3.63) is 66.1 Å². The summed E-state index contributed by atoms with van der Waals surface area (Å²) in [6.45, 7) is -0.117. The first kappa shape index (κ1) is 15.1. The van der Waals surface area contributed by atoms with Gasteiger partial charge in [0.15, 0.2) is 18.8 Å². The van der Waals surface area contributed by atoms with E-state index in [0.717, 1.165) is 5.56 Å². The molecule has 0 atom stereocenters. The second kappa shape index (κ2) is 6.98. The Hall–Kier alpha value is -2.79. The molecule has 0 saturated heterocycles. The molecule has 0 aliphatic carbocycles. The van der Waals surface area contributed by atoms with Crippen LogP contribution in [0.3, 0.4) is 0 Å². The lowest BCUT2D eigenvalue weighted by atomic mass is 10.2. The fourth-order valence-electron chi connectivity index (χ4n) is 1.98. The standard InChI is InChI=1S/C17H13ClN2O3/c18-14-3-1-2-4-15(14)22-10-17(21)20-13-7-5-12(6-8-13)16-9-19-11-23-16/h1-9,11H,10H2,(H,20,21). The van der Waals surface area contributed by atoms with Crippen LogP contribution in [0.5, 0.6) is 5.75 Å². The number of oxazole rings is 1. The highest BCUT2D eigenvalue weighted by Crippen LogP contribution is 2.23. The minimum absolute atomic E-state index is 0.117. The number of hydrogen-bond donors (Lipinski definition) is 1. The summed E-state index contributed by atoms with van der Waals surface area (Å²) < 4.78 is 10.6. The number of halogens is 1. The van der Waals surface area contributed by atoms with Gasteiger partial charge in [-0.25, -0.2) is 4.98 Å². The van der Waals surface area contributed by atoms with Crippen molar-refractivity contribution < 1.29 is 13.9 Å². The second-order valence-corrected chi connectivity index (χ2v) is 5.12. The third kappa shape index (κ3) is 3.90. The highest BCUT2D eigenvalue weighted by atomic mass is 35.5. The molecule has 0 fully saturated rings. The van der Waals surface area contributed by atoms with Gasteiger partial charge in [0.1, 0.15) is 5.75 Å². The van der Waals surface area contributed by atoms with Gasteiger partial charge in [-0.2, -0.15) is 0 Å². The van der Waals surface area contributed by atoms with Gasteiger partial charge in [0, 0.05) is 11.3 Å². The summed E-state index contributed by atoms with van der Waals surface area (Å²) in [5.74, 6) is 0.882. The number of anilines is 1. The van der Waals surface area contributed by atoms with Crippen molar-refractivity contribution in [3.63, 3.8) is 0 Å². The van der Waals surface area contributed by atoms with E-state index in [1.807, 2.05) is 12.1 Å². The quantitative estimate of drug-likeness (QED) is 0.768. The summed E-state index contributed by atoms with van der Waals surface area (Å²) in [6, 6.07) is 14.2. The van der Waals surface area contributed by atoms with Crippen molar-refractivity contribution in [1.29, 1.82) is 0 Å². The molecular formula is C17H13ClN2O3. The summed E-state index contributed by atoms with van der Waals surface area (Å²) in [7, 11) is 0. The summed E-state index contributed by atoms with van der Waals surface area (Å²) in [5, 5.41) is 3.22. The third-order valence-corrected chi connectivity index (χ3v) is 3.39. The molecule has 2 aromatic carbocycles. The lowest BCUT2D eigenvalue weighted by Gasteiger charge is -2.09. The number of nitrogens with one attached hydrogen (secondary N) is 1. The van der Waals surface area contributed by atoms with Crippen LogP contribution in [0.1, 0.15) is 0 Å². The number of rotatable bonds is 5. The molecule has 0 aliphatic heterocycles. The smallest absolute Gasteiger partial charge is 0.262 e. The van der Waals surface area contributed by atoms with Crippen LogP contribution in [0.2, 0.25) is 5.02 Å². The lowest BCUT2D eigenvalue weighted by molar-refractivity contribution is -0.118. The van der Waals surface area contributed by atoms with Crippen LogP contribution in [0.25, 0.3) is 11.3 Å². The van der Waals surface area contributed by atoms with E-state index in [-0.39, 0.29) is 12.5 Å². The van der Waals surface area contributed by atoms with Gasteiger partial charge in [-0.15, -0.1) is 0 Å². The van der Waals surface area contributed by atoms with Crippen LogP contribution in [0.15, 0.2) is 65.5 Å². The number of para-hydroxylation sites is 1. The van der Waals surface area contributed by atoms with E-state index >= 15 is 0 Å². The Morgan fingerprint density at radius 1 is 1.17 bits per heavy atom. The van der Waals surface area contributed by atoms with Crippen molar-refractivity contribution in [2.45, 2.75) is 0 Å². The van der Waals surface area contributed by atoms with E-state index in [0.29, 0.717) is 22.2 Å². The molecule has 3 aromatic rings. The summed E-state index contributed by atoms with van der Waals surface area (Å²) in [6.07, 6.45) is 3.00. The molecule has 6 heteroatoms. The minimum atomic E-state index is -0.266. The maximum Gasteiger partial charge on any atom is 0.262 e. The molecule has 0 aliphatic rings. The largest absolute Gasteiger partial charge is 0.482 e. The normalized spacial score (nSPS) is 10.3. The average molecular weight is 329 g/mol. The Morgan fingerprint density at radius 3 is 2.65 bits per heavy atom. The molecule has 0 unspecified atom stereocenters. The van der Waals surface area contributed by atoms with Gasteiger partial charge in [0.05, 0.1) is 11.2 Å². The number of nitrogens with zero attached hydrogens (tertiary/aromatic N) is 1. The van der Waals surface area contributed by atoms with E-state index in [1.165, 1.54) is 6.39 Å². The molecule has 3 rings (SSSR count). The van der Waals surface area contributed by atoms with E-state index in [1.54, 1.807) is 42.6 Å². The second-order valence-electron chi connectivity index (χ2n) is 4.71. The average Bonchev–Trinajstić information content (AvgIpc) is 3.09. The Labute approximate surface area is 137 Å². The van der Waals surface area contributed by atoms with Crippen molar-refractivity contribution in [2.75, 3.05) is 11.9 Å². The zero-order valence-electron chi connectivity index (χ0n) is 12.0. The highest BCUT2D eigenvalue weighted by Gasteiger charge is 2.07. The topological polar surface area (TPSA) is 64.4 Å².